The maximum atomic E-state index is 11.5. The lowest BCUT2D eigenvalue weighted by molar-refractivity contribution is -0.119. The molecule has 1 aromatic rings. The van der Waals surface area contributed by atoms with Gasteiger partial charge in [0.2, 0.25) is 5.91 Å². The van der Waals surface area contributed by atoms with Crippen LogP contribution < -0.4 is 16.0 Å². The lowest BCUT2D eigenvalue weighted by atomic mass is 10.0. The average molecular weight is 262 g/mol. The van der Waals surface area contributed by atoms with E-state index in [4.69, 9.17) is 5.73 Å². The molecule has 2 rings (SSSR count). The molecular weight excluding hydrogens is 240 g/mol. The Balaban J connectivity index is 2.16. The summed E-state index contributed by atoms with van der Waals surface area (Å²) >= 11 is 0. The van der Waals surface area contributed by atoms with Crippen molar-refractivity contribution in [3.8, 4) is 0 Å². The molecule has 1 amide bonds. The van der Waals surface area contributed by atoms with Gasteiger partial charge in [0.05, 0.1) is 23.8 Å². The van der Waals surface area contributed by atoms with Gasteiger partial charge >= 0.3 is 0 Å². The normalized spacial score (nSPS) is 19.2. The number of pyridine rings is 1. The van der Waals surface area contributed by atoms with E-state index in [1.165, 1.54) is 0 Å². The van der Waals surface area contributed by atoms with Crippen molar-refractivity contribution in [1.82, 2.24) is 4.98 Å². The van der Waals surface area contributed by atoms with Crippen LogP contribution in [0.3, 0.4) is 0 Å². The molecule has 1 fully saturated rings. The van der Waals surface area contributed by atoms with Crippen molar-refractivity contribution < 1.29 is 4.79 Å². The van der Waals surface area contributed by atoms with Gasteiger partial charge in [-0.2, -0.15) is 0 Å². The number of hydrogen-bond acceptors (Lipinski definition) is 4. The fourth-order valence-electron chi connectivity index (χ4n) is 2.49. The molecule has 0 aromatic carbocycles. The highest BCUT2D eigenvalue weighted by Gasteiger charge is 2.27. The van der Waals surface area contributed by atoms with Crippen LogP contribution in [0.2, 0.25) is 0 Å². The SMILES string of the molecule is CCCNc1cncc(N2CCCCC2C(N)=O)c1. The molecule has 1 aliphatic heterocycles. The van der Waals surface area contributed by atoms with Crippen LogP contribution in [0.5, 0.6) is 0 Å². The Morgan fingerprint density at radius 3 is 3.11 bits per heavy atom. The lowest BCUT2D eigenvalue weighted by Gasteiger charge is -2.35. The molecule has 1 aromatic heterocycles. The van der Waals surface area contributed by atoms with Gasteiger partial charge < -0.3 is 16.0 Å². The Hall–Kier alpha value is -1.78. The maximum Gasteiger partial charge on any atom is 0.240 e. The van der Waals surface area contributed by atoms with Crippen molar-refractivity contribution in [2.75, 3.05) is 23.3 Å². The predicted molar refractivity (Wildman–Crippen MR) is 77.2 cm³/mol. The third kappa shape index (κ3) is 3.36. The number of rotatable bonds is 5. The summed E-state index contributed by atoms with van der Waals surface area (Å²) < 4.78 is 0. The smallest absolute Gasteiger partial charge is 0.240 e. The van der Waals surface area contributed by atoms with Gasteiger partial charge in [-0.05, 0) is 31.7 Å². The van der Waals surface area contributed by atoms with Gasteiger partial charge in [-0.25, -0.2) is 0 Å². The minimum Gasteiger partial charge on any atom is -0.384 e. The number of hydrogen-bond donors (Lipinski definition) is 2. The Bertz CT molecular complexity index is 435. The first-order chi connectivity index (χ1) is 9.22. The van der Waals surface area contributed by atoms with Crippen LogP contribution in [-0.4, -0.2) is 30.0 Å². The van der Waals surface area contributed by atoms with E-state index < -0.39 is 0 Å². The largest absolute Gasteiger partial charge is 0.384 e. The number of amides is 1. The highest BCUT2D eigenvalue weighted by Crippen LogP contribution is 2.26. The summed E-state index contributed by atoms with van der Waals surface area (Å²) in [5.74, 6) is -0.244. The monoisotopic (exact) mass is 262 g/mol. The van der Waals surface area contributed by atoms with Gasteiger partial charge in [-0.15, -0.1) is 0 Å². The molecule has 1 atom stereocenters. The van der Waals surface area contributed by atoms with Crippen molar-refractivity contribution in [3.05, 3.63) is 18.5 Å². The van der Waals surface area contributed by atoms with Crippen LogP contribution in [0.1, 0.15) is 32.6 Å². The molecule has 0 saturated carbocycles. The number of nitrogens with zero attached hydrogens (tertiary/aromatic N) is 2. The van der Waals surface area contributed by atoms with E-state index in [0.717, 1.165) is 50.1 Å². The van der Waals surface area contributed by atoms with Crippen molar-refractivity contribution in [2.45, 2.75) is 38.6 Å². The highest BCUT2D eigenvalue weighted by atomic mass is 16.1. The zero-order valence-electron chi connectivity index (χ0n) is 11.4. The number of carbonyl (C=O) groups is 1. The molecule has 0 aliphatic carbocycles. The number of piperidine rings is 1. The minimum atomic E-state index is -0.244. The number of nitrogens with two attached hydrogens (primary N) is 1. The summed E-state index contributed by atoms with van der Waals surface area (Å²) in [5, 5.41) is 3.31. The summed E-state index contributed by atoms with van der Waals surface area (Å²) in [6.45, 7) is 3.91. The highest BCUT2D eigenvalue weighted by molar-refractivity contribution is 5.84. The first-order valence-electron chi connectivity index (χ1n) is 6.97. The second-order valence-electron chi connectivity index (χ2n) is 4.97. The Morgan fingerprint density at radius 1 is 1.53 bits per heavy atom. The van der Waals surface area contributed by atoms with Gasteiger partial charge in [-0.3, -0.25) is 9.78 Å². The fraction of sp³-hybridized carbons (Fsp3) is 0.571. The van der Waals surface area contributed by atoms with Gasteiger partial charge in [0.1, 0.15) is 6.04 Å². The van der Waals surface area contributed by atoms with E-state index in [9.17, 15) is 4.79 Å². The van der Waals surface area contributed by atoms with Crippen molar-refractivity contribution in [2.24, 2.45) is 5.73 Å². The quantitative estimate of drug-likeness (QED) is 0.848. The number of nitrogens with one attached hydrogen (secondary N) is 1. The molecule has 3 N–H and O–H groups in total. The zero-order chi connectivity index (χ0) is 13.7. The van der Waals surface area contributed by atoms with Crippen LogP contribution >= 0.6 is 0 Å². The van der Waals surface area contributed by atoms with Crippen LogP contribution in [0.15, 0.2) is 18.5 Å². The molecule has 1 unspecified atom stereocenters. The van der Waals surface area contributed by atoms with Crippen LogP contribution in [0.25, 0.3) is 0 Å². The number of aromatic nitrogens is 1. The summed E-state index contributed by atoms with van der Waals surface area (Å²) in [6.07, 6.45) is 7.67. The minimum absolute atomic E-state index is 0.197. The van der Waals surface area contributed by atoms with Crippen LogP contribution in [0.4, 0.5) is 11.4 Å². The van der Waals surface area contributed by atoms with E-state index in [2.05, 4.69) is 22.1 Å². The molecule has 0 radical (unpaired) electrons. The average Bonchev–Trinajstić information content (AvgIpc) is 2.45. The Labute approximate surface area is 114 Å². The molecule has 1 aliphatic rings. The van der Waals surface area contributed by atoms with Crippen LogP contribution in [-0.2, 0) is 4.79 Å². The van der Waals surface area contributed by atoms with Gasteiger partial charge in [0.15, 0.2) is 0 Å². The summed E-state index contributed by atoms with van der Waals surface area (Å²) in [7, 11) is 0. The first-order valence-corrected chi connectivity index (χ1v) is 6.97. The topological polar surface area (TPSA) is 71.2 Å². The van der Waals surface area contributed by atoms with E-state index in [0.29, 0.717) is 0 Å². The fourth-order valence-corrected chi connectivity index (χ4v) is 2.49. The van der Waals surface area contributed by atoms with Gasteiger partial charge in [-0.1, -0.05) is 6.92 Å². The Kier molecular flexibility index (Phi) is 4.60. The molecule has 5 heteroatoms. The number of primary amides is 1. The lowest BCUT2D eigenvalue weighted by Crippen LogP contribution is -2.47. The molecule has 1 saturated heterocycles. The molecular formula is C14H22N4O. The van der Waals surface area contributed by atoms with Crippen LogP contribution in [0, 0.1) is 0 Å². The molecule has 0 bridgehead atoms. The third-order valence-corrected chi connectivity index (χ3v) is 3.47. The Morgan fingerprint density at radius 2 is 2.37 bits per heavy atom. The summed E-state index contributed by atoms with van der Waals surface area (Å²) in [5.41, 5.74) is 7.47. The van der Waals surface area contributed by atoms with Crippen molar-refractivity contribution >= 4 is 17.3 Å². The molecule has 2 heterocycles. The summed E-state index contributed by atoms with van der Waals surface area (Å²) in [4.78, 5) is 17.9. The molecule has 0 spiro atoms. The zero-order valence-corrected chi connectivity index (χ0v) is 11.4. The third-order valence-electron chi connectivity index (χ3n) is 3.47. The maximum absolute atomic E-state index is 11.5. The summed E-state index contributed by atoms with van der Waals surface area (Å²) in [6, 6.07) is 1.85. The second kappa shape index (κ2) is 6.41. The van der Waals surface area contributed by atoms with Gasteiger partial charge in [0.25, 0.3) is 0 Å². The van der Waals surface area contributed by atoms with E-state index in [-0.39, 0.29) is 11.9 Å². The van der Waals surface area contributed by atoms with E-state index >= 15 is 0 Å². The molecule has 5 nitrogen and oxygen atoms in total. The number of anilines is 2. The standard InChI is InChI=1S/C14H22N4O/c1-2-6-17-11-8-12(10-16-9-11)18-7-4-3-5-13(18)14(15)19/h8-10,13,17H,2-7H2,1H3,(H2,15,19). The van der Waals surface area contributed by atoms with Gasteiger partial charge in [0, 0.05) is 13.1 Å². The van der Waals surface area contributed by atoms with Crippen molar-refractivity contribution in [1.29, 1.82) is 0 Å². The molecule has 104 valence electrons. The predicted octanol–water partition coefficient (Wildman–Crippen LogP) is 1.75. The second-order valence-corrected chi connectivity index (χ2v) is 4.97. The van der Waals surface area contributed by atoms with E-state index in [1.54, 1.807) is 6.20 Å². The number of carbonyl (C=O) groups excluding carboxylic acids is 1. The molecule has 19 heavy (non-hydrogen) atoms. The van der Waals surface area contributed by atoms with Crippen molar-refractivity contribution in [3.63, 3.8) is 0 Å². The van der Waals surface area contributed by atoms with E-state index in [1.807, 2.05) is 12.3 Å². The first kappa shape index (κ1) is 13.6.